The largest absolute Gasteiger partial charge is 0.388 e. The van der Waals surface area contributed by atoms with Gasteiger partial charge in [0.15, 0.2) is 0 Å². The molecule has 0 spiro atoms. The Morgan fingerprint density at radius 1 is 1.53 bits per heavy atom. The summed E-state index contributed by atoms with van der Waals surface area (Å²) < 4.78 is 5.61. The molecule has 1 rings (SSSR count). The average molecular weight is 211 g/mol. The molecule has 2 unspecified atom stereocenters. The molecule has 0 aromatic heterocycles. The Bertz CT molecular complexity index is 267. The molecular weight excluding hydrogens is 190 g/mol. The van der Waals surface area contributed by atoms with Gasteiger partial charge in [-0.3, -0.25) is 0 Å². The summed E-state index contributed by atoms with van der Waals surface area (Å²) in [5.41, 5.74) is -1.61. The standard InChI is InChI=1S/C12H21NO2/c1-9(2)10-7-12(14,5-6-15-10)11(3,4)8-13/h9-10,14H,5-7H2,1-4H3. The Hall–Kier alpha value is -0.590. The molecule has 3 heteroatoms. The Kier molecular flexibility index (Phi) is 3.42. The Balaban J connectivity index is 2.82. The highest BCUT2D eigenvalue weighted by molar-refractivity contribution is 5.08. The maximum Gasteiger partial charge on any atom is 0.0874 e. The van der Waals surface area contributed by atoms with Gasteiger partial charge in [0.05, 0.1) is 23.2 Å². The molecule has 86 valence electrons. The summed E-state index contributed by atoms with van der Waals surface area (Å²) in [5, 5.41) is 19.6. The van der Waals surface area contributed by atoms with Gasteiger partial charge in [-0.15, -0.1) is 0 Å². The maximum atomic E-state index is 10.5. The number of rotatable bonds is 2. The van der Waals surface area contributed by atoms with Crippen LogP contribution in [0.2, 0.25) is 0 Å². The van der Waals surface area contributed by atoms with E-state index in [-0.39, 0.29) is 6.10 Å². The minimum Gasteiger partial charge on any atom is -0.388 e. The monoisotopic (exact) mass is 211 g/mol. The van der Waals surface area contributed by atoms with Gasteiger partial charge in [0.25, 0.3) is 0 Å². The fraction of sp³-hybridized carbons (Fsp3) is 0.917. The second kappa shape index (κ2) is 4.11. The van der Waals surface area contributed by atoms with E-state index >= 15 is 0 Å². The molecule has 1 N–H and O–H groups in total. The van der Waals surface area contributed by atoms with Crippen molar-refractivity contribution >= 4 is 0 Å². The van der Waals surface area contributed by atoms with Gasteiger partial charge in [-0.2, -0.15) is 5.26 Å². The van der Waals surface area contributed by atoms with Gasteiger partial charge in [-0.1, -0.05) is 13.8 Å². The third kappa shape index (κ3) is 2.32. The van der Waals surface area contributed by atoms with Crippen LogP contribution in [0.4, 0.5) is 0 Å². The molecule has 0 saturated carbocycles. The van der Waals surface area contributed by atoms with Crippen molar-refractivity contribution in [1.82, 2.24) is 0 Å². The van der Waals surface area contributed by atoms with E-state index in [2.05, 4.69) is 19.9 Å². The molecule has 1 aliphatic heterocycles. The lowest BCUT2D eigenvalue weighted by Crippen LogP contribution is -2.51. The zero-order valence-electron chi connectivity index (χ0n) is 10.1. The van der Waals surface area contributed by atoms with E-state index < -0.39 is 11.0 Å². The van der Waals surface area contributed by atoms with Crippen LogP contribution in [0.5, 0.6) is 0 Å². The van der Waals surface area contributed by atoms with Crippen molar-refractivity contribution in [2.24, 2.45) is 11.3 Å². The Morgan fingerprint density at radius 3 is 2.60 bits per heavy atom. The number of nitriles is 1. The highest BCUT2D eigenvalue weighted by atomic mass is 16.5. The summed E-state index contributed by atoms with van der Waals surface area (Å²) in [6.07, 6.45) is 1.18. The molecular formula is C12H21NO2. The zero-order chi connectivity index (χ0) is 11.7. The molecule has 2 atom stereocenters. The zero-order valence-corrected chi connectivity index (χ0v) is 10.1. The first-order valence-electron chi connectivity index (χ1n) is 5.57. The van der Waals surface area contributed by atoms with Crippen molar-refractivity contribution in [2.75, 3.05) is 6.61 Å². The van der Waals surface area contributed by atoms with Crippen molar-refractivity contribution in [1.29, 1.82) is 5.26 Å². The number of hydrogen-bond acceptors (Lipinski definition) is 3. The molecule has 1 fully saturated rings. The van der Waals surface area contributed by atoms with Crippen LogP contribution >= 0.6 is 0 Å². The minimum atomic E-state index is -0.908. The first-order valence-corrected chi connectivity index (χ1v) is 5.57. The van der Waals surface area contributed by atoms with E-state index in [4.69, 9.17) is 10.00 Å². The van der Waals surface area contributed by atoms with Gasteiger partial charge in [0.1, 0.15) is 0 Å². The number of ether oxygens (including phenoxy) is 1. The van der Waals surface area contributed by atoms with E-state index in [1.165, 1.54) is 0 Å². The highest BCUT2D eigenvalue weighted by Gasteiger charge is 2.47. The van der Waals surface area contributed by atoms with E-state index in [1.807, 2.05) is 0 Å². The molecule has 3 nitrogen and oxygen atoms in total. The van der Waals surface area contributed by atoms with E-state index in [9.17, 15) is 5.11 Å². The lowest BCUT2D eigenvalue weighted by molar-refractivity contribution is -0.153. The van der Waals surface area contributed by atoms with Crippen LogP contribution in [0.25, 0.3) is 0 Å². The first kappa shape index (κ1) is 12.5. The smallest absolute Gasteiger partial charge is 0.0874 e. The lowest BCUT2D eigenvalue weighted by atomic mass is 9.69. The molecule has 1 aliphatic rings. The molecule has 1 saturated heterocycles. The molecule has 0 radical (unpaired) electrons. The van der Waals surface area contributed by atoms with Crippen molar-refractivity contribution in [3.05, 3.63) is 0 Å². The van der Waals surface area contributed by atoms with Crippen molar-refractivity contribution in [3.8, 4) is 6.07 Å². The van der Waals surface area contributed by atoms with Gasteiger partial charge in [-0.05, 0) is 19.8 Å². The number of hydrogen-bond donors (Lipinski definition) is 1. The second-order valence-electron chi connectivity index (χ2n) is 5.38. The van der Waals surface area contributed by atoms with Crippen LogP contribution in [0, 0.1) is 22.7 Å². The van der Waals surface area contributed by atoms with E-state index in [0.29, 0.717) is 25.4 Å². The van der Waals surface area contributed by atoms with Gasteiger partial charge in [0, 0.05) is 19.4 Å². The van der Waals surface area contributed by atoms with Gasteiger partial charge < -0.3 is 9.84 Å². The molecule has 15 heavy (non-hydrogen) atoms. The van der Waals surface area contributed by atoms with Crippen LogP contribution < -0.4 is 0 Å². The SMILES string of the molecule is CC(C)C1CC(O)(C(C)(C)C#N)CCO1. The topological polar surface area (TPSA) is 53.2 Å². The number of nitrogens with zero attached hydrogens (tertiary/aromatic N) is 1. The fourth-order valence-electron chi connectivity index (χ4n) is 1.97. The average Bonchev–Trinajstić information content (AvgIpc) is 2.17. The molecule has 0 bridgehead atoms. The highest BCUT2D eigenvalue weighted by Crippen LogP contribution is 2.41. The van der Waals surface area contributed by atoms with Crippen molar-refractivity contribution in [3.63, 3.8) is 0 Å². The Morgan fingerprint density at radius 2 is 2.13 bits per heavy atom. The summed E-state index contributed by atoms with van der Waals surface area (Å²) >= 11 is 0. The van der Waals surface area contributed by atoms with Crippen LogP contribution in [-0.4, -0.2) is 23.4 Å². The van der Waals surface area contributed by atoms with Crippen LogP contribution in [0.1, 0.15) is 40.5 Å². The third-order valence-corrected chi connectivity index (χ3v) is 3.57. The lowest BCUT2D eigenvalue weighted by Gasteiger charge is -2.44. The molecule has 0 amide bonds. The van der Waals surface area contributed by atoms with Crippen LogP contribution in [-0.2, 0) is 4.74 Å². The summed E-state index contributed by atoms with van der Waals surface area (Å²) in [4.78, 5) is 0. The molecule has 0 aromatic carbocycles. The van der Waals surface area contributed by atoms with Gasteiger partial charge in [0.2, 0.25) is 0 Å². The number of aliphatic hydroxyl groups is 1. The van der Waals surface area contributed by atoms with E-state index in [0.717, 1.165) is 0 Å². The minimum absolute atomic E-state index is 0.0661. The van der Waals surface area contributed by atoms with Crippen molar-refractivity contribution in [2.45, 2.75) is 52.2 Å². The normalized spacial score (nSPS) is 32.7. The second-order valence-corrected chi connectivity index (χ2v) is 5.38. The summed E-state index contributed by atoms with van der Waals surface area (Å²) in [6, 6.07) is 2.21. The molecule has 0 aromatic rings. The third-order valence-electron chi connectivity index (χ3n) is 3.57. The summed E-state index contributed by atoms with van der Waals surface area (Å²) in [7, 11) is 0. The fourth-order valence-corrected chi connectivity index (χ4v) is 1.97. The molecule has 0 aliphatic carbocycles. The van der Waals surface area contributed by atoms with Crippen LogP contribution in [0.15, 0.2) is 0 Å². The predicted molar refractivity (Wildman–Crippen MR) is 58.2 cm³/mol. The van der Waals surface area contributed by atoms with Gasteiger partial charge >= 0.3 is 0 Å². The van der Waals surface area contributed by atoms with E-state index in [1.54, 1.807) is 13.8 Å². The quantitative estimate of drug-likeness (QED) is 0.761. The Labute approximate surface area is 92.0 Å². The predicted octanol–water partition coefficient (Wildman–Crippen LogP) is 2.10. The van der Waals surface area contributed by atoms with Crippen LogP contribution in [0.3, 0.4) is 0 Å². The molecule has 1 heterocycles. The van der Waals surface area contributed by atoms with Crippen molar-refractivity contribution < 1.29 is 9.84 Å². The summed E-state index contributed by atoms with van der Waals surface area (Å²) in [5.74, 6) is 0.381. The van der Waals surface area contributed by atoms with Gasteiger partial charge in [-0.25, -0.2) is 0 Å². The first-order chi connectivity index (χ1) is 6.82. The maximum absolute atomic E-state index is 10.5. The summed E-state index contributed by atoms with van der Waals surface area (Å²) in [6.45, 7) is 8.31.